The van der Waals surface area contributed by atoms with Crippen LogP contribution in [0.15, 0.2) is 42.5 Å². The van der Waals surface area contributed by atoms with Gasteiger partial charge >= 0.3 is 0 Å². The Morgan fingerprint density at radius 3 is 2.47 bits per heavy atom. The molecule has 0 aliphatic rings. The predicted octanol–water partition coefficient (Wildman–Crippen LogP) is 4.73. The number of hydrogen-bond acceptors (Lipinski definition) is 2. The van der Waals surface area contributed by atoms with Crippen molar-refractivity contribution in [3.05, 3.63) is 59.2 Å². The van der Waals surface area contributed by atoms with Crippen LogP contribution in [0.5, 0.6) is 0 Å². The number of benzene rings is 2. The van der Waals surface area contributed by atoms with Gasteiger partial charge in [-0.1, -0.05) is 32.0 Å². The summed E-state index contributed by atoms with van der Waals surface area (Å²) in [4.78, 5) is 0. The van der Waals surface area contributed by atoms with Gasteiger partial charge in [0.05, 0.1) is 11.6 Å². The van der Waals surface area contributed by atoms with E-state index in [-0.39, 0.29) is 0 Å². The van der Waals surface area contributed by atoms with Gasteiger partial charge in [-0.2, -0.15) is 5.26 Å². The monoisotopic (exact) mass is 250 g/mol. The molecule has 0 unspecified atom stereocenters. The highest BCUT2D eigenvalue weighted by molar-refractivity contribution is 5.65. The molecule has 2 aromatic rings. The molecule has 0 aromatic heterocycles. The number of anilines is 2. The SMILES string of the molecule is Cc1cc(Nc2ccccc2C(C)C)ccc1C#N. The van der Waals surface area contributed by atoms with E-state index in [1.165, 1.54) is 5.56 Å². The molecular weight excluding hydrogens is 232 g/mol. The second kappa shape index (κ2) is 5.58. The first-order chi connectivity index (χ1) is 9.11. The molecule has 0 spiro atoms. The van der Waals surface area contributed by atoms with Gasteiger partial charge in [0.2, 0.25) is 0 Å². The second-order valence-corrected chi connectivity index (χ2v) is 5.01. The van der Waals surface area contributed by atoms with Crippen molar-refractivity contribution < 1.29 is 0 Å². The van der Waals surface area contributed by atoms with Crippen molar-refractivity contribution in [3.8, 4) is 6.07 Å². The van der Waals surface area contributed by atoms with Gasteiger partial charge in [0.15, 0.2) is 0 Å². The second-order valence-electron chi connectivity index (χ2n) is 5.01. The Hall–Kier alpha value is -2.27. The fourth-order valence-electron chi connectivity index (χ4n) is 2.14. The van der Waals surface area contributed by atoms with Gasteiger partial charge in [0, 0.05) is 11.4 Å². The van der Waals surface area contributed by atoms with E-state index in [0.29, 0.717) is 5.92 Å². The summed E-state index contributed by atoms with van der Waals surface area (Å²) in [5, 5.41) is 12.4. The molecule has 0 saturated heterocycles. The highest BCUT2D eigenvalue weighted by atomic mass is 14.9. The highest BCUT2D eigenvalue weighted by Gasteiger charge is 2.06. The summed E-state index contributed by atoms with van der Waals surface area (Å²) < 4.78 is 0. The molecule has 0 heterocycles. The van der Waals surface area contributed by atoms with E-state index in [0.717, 1.165) is 22.5 Å². The first kappa shape index (κ1) is 13.2. The maximum atomic E-state index is 8.95. The van der Waals surface area contributed by atoms with Gasteiger partial charge in [0.1, 0.15) is 0 Å². The van der Waals surface area contributed by atoms with E-state index < -0.39 is 0 Å². The van der Waals surface area contributed by atoms with E-state index in [2.05, 4.69) is 43.4 Å². The Morgan fingerprint density at radius 2 is 1.84 bits per heavy atom. The minimum Gasteiger partial charge on any atom is -0.355 e. The number of rotatable bonds is 3. The van der Waals surface area contributed by atoms with Crippen LogP contribution in [-0.2, 0) is 0 Å². The van der Waals surface area contributed by atoms with Gasteiger partial charge in [-0.15, -0.1) is 0 Å². The molecule has 2 rings (SSSR count). The van der Waals surface area contributed by atoms with Crippen LogP contribution in [0, 0.1) is 18.3 Å². The summed E-state index contributed by atoms with van der Waals surface area (Å²) in [6.07, 6.45) is 0. The van der Waals surface area contributed by atoms with Crippen LogP contribution in [0.3, 0.4) is 0 Å². The van der Waals surface area contributed by atoms with Crippen molar-refractivity contribution in [2.24, 2.45) is 0 Å². The van der Waals surface area contributed by atoms with Gasteiger partial charge < -0.3 is 5.32 Å². The van der Waals surface area contributed by atoms with E-state index in [1.807, 2.05) is 31.2 Å². The maximum absolute atomic E-state index is 8.95. The van der Waals surface area contributed by atoms with Gasteiger partial charge in [-0.3, -0.25) is 0 Å². The Labute approximate surface area is 114 Å². The molecule has 0 aliphatic heterocycles. The molecule has 0 saturated carbocycles. The van der Waals surface area contributed by atoms with E-state index in [4.69, 9.17) is 5.26 Å². The van der Waals surface area contributed by atoms with Crippen molar-refractivity contribution in [2.45, 2.75) is 26.7 Å². The van der Waals surface area contributed by atoms with Gasteiger partial charge in [-0.25, -0.2) is 0 Å². The van der Waals surface area contributed by atoms with Crippen LogP contribution in [-0.4, -0.2) is 0 Å². The summed E-state index contributed by atoms with van der Waals surface area (Å²) in [5.74, 6) is 0.475. The quantitative estimate of drug-likeness (QED) is 0.854. The number of hydrogen-bond donors (Lipinski definition) is 1. The summed E-state index contributed by atoms with van der Waals surface area (Å²) in [7, 11) is 0. The molecule has 0 atom stereocenters. The number of aryl methyl sites for hydroxylation is 1. The van der Waals surface area contributed by atoms with Crippen LogP contribution in [0.1, 0.15) is 36.5 Å². The topological polar surface area (TPSA) is 35.8 Å². The lowest BCUT2D eigenvalue weighted by Crippen LogP contribution is -1.98. The van der Waals surface area contributed by atoms with Crippen molar-refractivity contribution >= 4 is 11.4 Å². The van der Waals surface area contributed by atoms with Crippen molar-refractivity contribution in [1.29, 1.82) is 5.26 Å². The lowest BCUT2D eigenvalue weighted by molar-refractivity contribution is 0.869. The van der Waals surface area contributed by atoms with Crippen LogP contribution in [0.4, 0.5) is 11.4 Å². The zero-order valence-electron chi connectivity index (χ0n) is 11.6. The van der Waals surface area contributed by atoms with Crippen LogP contribution >= 0.6 is 0 Å². The van der Waals surface area contributed by atoms with E-state index in [9.17, 15) is 0 Å². The number of nitrogens with zero attached hydrogens (tertiary/aromatic N) is 1. The lowest BCUT2D eigenvalue weighted by atomic mass is 10.0. The van der Waals surface area contributed by atoms with Gasteiger partial charge in [0.25, 0.3) is 0 Å². The molecular formula is C17H18N2. The number of para-hydroxylation sites is 1. The predicted molar refractivity (Wildman–Crippen MR) is 79.7 cm³/mol. The normalized spacial score (nSPS) is 10.3. The minimum atomic E-state index is 0.475. The third kappa shape index (κ3) is 2.95. The molecule has 0 bridgehead atoms. The number of nitrogens with one attached hydrogen (secondary N) is 1. The molecule has 19 heavy (non-hydrogen) atoms. The zero-order chi connectivity index (χ0) is 13.8. The molecule has 2 nitrogen and oxygen atoms in total. The molecule has 0 aliphatic carbocycles. The minimum absolute atomic E-state index is 0.475. The lowest BCUT2D eigenvalue weighted by Gasteiger charge is -2.15. The Balaban J connectivity index is 2.32. The average Bonchev–Trinajstić information content (AvgIpc) is 2.39. The fraction of sp³-hybridized carbons (Fsp3) is 0.235. The third-order valence-electron chi connectivity index (χ3n) is 3.21. The number of nitriles is 1. The smallest absolute Gasteiger partial charge is 0.0994 e. The third-order valence-corrected chi connectivity index (χ3v) is 3.21. The Kier molecular flexibility index (Phi) is 3.87. The zero-order valence-corrected chi connectivity index (χ0v) is 11.6. The molecule has 0 fully saturated rings. The Bertz CT molecular complexity index is 621. The molecule has 0 radical (unpaired) electrons. The standard InChI is InChI=1S/C17H18N2/c1-12(2)16-6-4-5-7-17(16)19-15-9-8-14(11-18)13(3)10-15/h4-10,12,19H,1-3H3. The van der Waals surface area contributed by atoms with E-state index >= 15 is 0 Å². The molecule has 96 valence electrons. The summed E-state index contributed by atoms with van der Waals surface area (Å²) in [6, 6.07) is 16.3. The van der Waals surface area contributed by atoms with Crippen LogP contribution in [0.2, 0.25) is 0 Å². The molecule has 1 N–H and O–H groups in total. The van der Waals surface area contributed by atoms with Crippen molar-refractivity contribution in [1.82, 2.24) is 0 Å². The van der Waals surface area contributed by atoms with E-state index in [1.54, 1.807) is 0 Å². The summed E-state index contributed by atoms with van der Waals surface area (Å²) >= 11 is 0. The summed E-state index contributed by atoms with van der Waals surface area (Å²) in [6.45, 7) is 6.33. The first-order valence-corrected chi connectivity index (χ1v) is 6.48. The van der Waals surface area contributed by atoms with Crippen molar-refractivity contribution in [2.75, 3.05) is 5.32 Å². The molecule has 0 amide bonds. The Morgan fingerprint density at radius 1 is 1.11 bits per heavy atom. The van der Waals surface area contributed by atoms with Crippen LogP contribution < -0.4 is 5.32 Å². The van der Waals surface area contributed by atoms with Gasteiger partial charge in [-0.05, 0) is 48.2 Å². The highest BCUT2D eigenvalue weighted by Crippen LogP contribution is 2.27. The van der Waals surface area contributed by atoms with Crippen LogP contribution in [0.25, 0.3) is 0 Å². The molecule has 2 aromatic carbocycles. The maximum Gasteiger partial charge on any atom is 0.0994 e. The first-order valence-electron chi connectivity index (χ1n) is 6.48. The summed E-state index contributed by atoms with van der Waals surface area (Å²) in [5.41, 5.74) is 5.16. The average molecular weight is 250 g/mol. The van der Waals surface area contributed by atoms with Crippen molar-refractivity contribution in [3.63, 3.8) is 0 Å². The molecule has 2 heteroatoms. The fourth-order valence-corrected chi connectivity index (χ4v) is 2.14. The largest absolute Gasteiger partial charge is 0.355 e.